The summed E-state index contributed by atoms with van der Waals surface area (Å²) >= 11 is 0. The van der Waals surface area contributed by atoms with Crippen LogP contribution in [0.1, 0.15) is 86.2 Å². The molecule has 6 nitrogen and oxygen atoms in total. The Labute approximate surface area is 332 Å². The number of ether oxygens (including phenoxy) is 1. The van der Waals surface area contributed by atoms with Crippen molar-refractivity contribution >= 4 is 11.9 Å². The molecule has 0 bridgehead atoms. The summed E-state index contributed by atoms with van der Waals surface area (Å²) < 4.78 is 76.8. The van der Waals surface area contributed by atoms with Crippen molar-refractivity contribution < 1.29 is 105 Å². The van der Waals surface area contributed by atoms with Crippen molar-refractivity contribution in [2.75, 3.05) is 6.61 Å². The van der Waals surface area contributed by atoms with E-state index in [4.69, 9.17) is 10.5 Å². The van der Waals surface area contributed by atoms with Gasteiger partial charge in [0.25, 0.3) is 5.56 Å². The number of pyridine rings is 1. The summed E-state index contributed by atoms with van der Waals surface area (Å²) in [4.78, 5) is 34.4. The maximum Gasteiger partial charge on any atom is 1.00 e. The SMILES string of the molecule is CC(C)CC(C(N)=O)n1ccccc1=O.CCOC(=O)CCc1c(F)c(-c2c(C)ccc(C3CC3)c2C)cc(C(F)(F)F)c1F.[CH3-].[Cs+]. The number of nitrogens with zero attached hydrogens (tertiary/aromatic N) is 1. The zero-order valence-electron chi connectivity index (χ0n) is 28.1. The van der Waals surface area contributed by atoms with E-state index in [0.29, 0.717) is 41.0 Å². The molecule has 2 N–H and O–H groups in total. The van der Waals surface area contributed by atoms with Gasteiger partial charge in [-0.2, -0.15) is 13.2 Å². The van der Waals surface area contributed by atoms with Gasteiger partial charge in [-0.3, -0.25) is 14.4 Å². The molecular formula is C35H42CsF5N2O4. The quantitative estimate of drug-likeness (QED) is 0.178. The standard InChI is InChI=1S/C23H23F5O2.C11H16N2O2.CH3.Cs/c1-4-30-19(29)10-9-16-21(24)17(11-18(22(16)25)23(26,27)28)20-12(2)5-8-15(13(20)3)14-6-7-14;1-8(2)7-9(11(12)15)13-6-4-3-5-10(13)14;;/h5,8,11,14H,4,6-7,9-10H2,1-3H3;3-6,8-9H,7H2,1-2H3,(H2,12,15);1H3;/q;;-1;+1. The van der Waals surface area contributed by atoms with Crippen LogP contribution in [0.5, 0.6) is 0 Å². The zero-order valence-corrected chi connectivity index (χ0v) is 34.3. The van der Waals surface area contributed by atoms with Gasteiger partial charge in [0.1, 0.15) is 17.7 Å². The predicted molar refractivity (Wildman–Crippen MR) is 168 cm³/mol. The smallest absolute Gasteiger partial charge is 0.466 e. The van der Waals surface area contributed by atoms with Gasteiger partial charge in [-0.15, -0.1) is 0 Å². The fourth-order valence-corrected chi connectivity index (χ4v) is 5.39. The Morgan fingerprint density at radius 1 is 1.06 bits per heavy atom. The van der Waals surface area contributed by atoms with Crippen molar-refractivity contribution in [3.05, 3.63) is 99.8 Å². The Balaban J connectivity index is 0.000000553. The van der Waals surface area contributed by atoms with Crippen molar-refractivity contribution in [1.29, 1.82) is 0 Å². The molecule has 0 spiro atoms. The van der Waals surface area contributed by atoms with Gasteiger partial charge in [0.05, 0.1) is 12.2 Å². The van der Waals surface area contributed by atoms with Crippen molar-refractivity contribution in [2.24, 2.45) is 11.7 Å². The molecule has 1 aromatic heterocycles. The van der Waals surface area contributed by atoms with Crippen LogP contribution < -0.4 is 80.2 Å². The molecular weight excluding hydrogens is 740 g/mol. The summed E-state index contributed by atoms with van der Waals surface area (Å²) in [6.45, 7) is 9.06. The molecule has 3 aromatic rings. The molecule has 0 radical (unpaired) electrons. The maximum absolute atomic E-state index is 15.4. The van der Waals surface area contributed by atoms with Crippen LogP contribution in [0.25, 0.3) is 11.1 Å². The topological polar surface area (TPSA) is 91.4 Å². The van der Waals surface area contributed by atoms with Crippen molar-refractivity contribution in [2.45, 2.75) is 84.9 Å². The van der Waals surface area contributed by atoms with Crippen LogP contribution in [0.2, 0.25) is 0 Å². The second-order valence-electron chi connectivity index (χ2n) is 11.6. The zero-order chi connectivity index (χ0) is 33.6. The summed E-state index contributed by atoms with van der Waals surface area (Å²) in [5, 5.41) is 0. The normalized spacial score (nSPS) is 13.1. The molecule has 47 heavy (non-hydrogen) atoms. The van der Waals surface area contributed by atoms with Gasteiger partial charge in [0.15, 0.2) is 0 Å². The summed E-state index contributed by atoms with van der Waals surface area (Å²) in [5.74, 6) is -3.30. The number of alkyl halides is 3. The Hall–Kier alpha value is -1.97. The maximum atomic E-state index is 15.4. The number of primary amides is 1. The third-order valence-electron chi connectivity index (χ3n) is 7.69. The number of hydrogen-bond donors (Lipinski definition) is 1. The molecule has 1 atom stereocenters. The van der Waals surface area contributed by atoms with E-state index in [9.17, 15) is 31.9 Å². The summed E-state index contributed by atoms with van der Waals surface area (Å²) in [6, 6.07) is 8.47. The average molecular weight is 783 g/mol. The minimum atomic E-state index is -5.00. The number of benzene rings is 2. The fraction of sp³-hybridized carbons (Fsp3) is 0.429. The van der Waals surface area contributed by atoms with E-state index < -0.39 is 59.7 Å². The molecule has 252 valence electrons. The first-order valence-corrected chi connectivity index (χ1v) is 14.9. The van der Waals surface area contributed by atoms with E-state index in [0.717, 1.165) is 18.4 Å². The number of carbonyl (C=O) groups is 2. The van der Waals surface area contributed by atoms with E-state index in [1.165, 1.54) is 10.6 Å². The van der Waals surface area contributed by atoms with Gasteiger partial charge < -0.3 is 22.5 Å². The first kappa shape index (κ1) is 43.1. The van der Waals surface area contributed by atoms with Crippen LogP contribution in [0.15, 0.2) is 47.4 Å². The Kier molecular flexibility index (Phi) is 17.1. The first-order chi connectivity index (χ1) is 21.1. The summed E-state index contributed by atoms with van der Waals surface area (Å²) in [6.07, 6.45) is -1.79. The summed E-state index contributed by atoms with van der Waals surface area (Å²) in [7, 11) is 0. The molecule has 1 saturated carbocycles. The van der Waals surface area contributed by atoms with Gasteiger partial charge >= 0.3 is 81.0 Å². The summed E-state index contributed by atoms with van der Waals surface area (Å²) in [5.41, 5.74) is 5.15. The Bertz CT molecular complexity index is 1600. The van der Waals surface area contributed by atoms with Gasteiger partial charge in [-0.05, 0) is 92.7 Å². The van der Waals surface area contributed by atoms with Crippen LogP contribution in [-0.4, -0.2) is 23.1 Å². The predicted octanol–water partition coefficient (Wildman–Crippen LogP) is 5.02. The monoisotopic (exact) mass is 782 g/mol. The van der Waals surface area contributed by atoms with E-state index in [1.54, 1.807) is 45.2 Å². The number of aromatic nitrogens is 1. The molecule has 4 rings (SSSR count). The van der Waals surface area contributed by atoms with Gasteiger partial charge in [0.2, 0.25) is 5.91 Å². The van der Waals surface area contributed by atoms with Gasteiger partial charge in [-0.1, -0.05) is 32.0 Å². The third-order valence-corrected chi connectivity index (χ3v) is 7.69. The van der Waals surface area contributed by atoms with Crippen LogP contribution in [-0.2, 0) is 26.9 Å². The largest absolute Gasteiger partial charge is 1.00 e. The first-order valence-electron chi connectivity index (χ1n) is 14.9. The van der Waals surface area contributed by atoms with E-state index >= 15 is 4.39 Å². The number of esters is 1. The Morgan fingerprint density at radius 2 is 1.70 bits per heavy atom. The molecule has 1 fully saturated rings. The van der Waals surface area contributed by atoms with Crippen LogP contribution in [0, 0.1) is 38.8 Å². The van der Waals surface area contributed by atoms with E-state index in [1.807, 2.05) is 19.9 Å². The fourth-order valence-electron chi connectivity index (χ4n) is 5.39. The van der Waals surface area contributed by atoms with Crippen LogP contribution in [0.4, 0.5) is 22.0 Å². The minimum Gasteiger partial charge on any atom is -0.466 e. The Morgan fingerprint density at radius 3 is 2.21 bits per heavy atom. The second kappa shape index (κ2) is 18.7. The van der Waals surface area contributed by atoms with Crippen molar-refractivity contribution in [1.82, 2.24) is 4.57 Å². The second-order valence-corrected chi connectivity index (χ2v) is 11.6. The van der Waals surface area contributed by atoms with Gasteiger partial charge in [-0.25, -0.2) is 8.78 Å². The van der Waals surface area contributed by atoms with Crippen LogP contribution in [0.3, 0.4) is 0 Å². The number of aryl methyl sites for hydroxylation is 1. The molecule has 12 heteroatoms. The third kappa shape index (κ3) is 11.3. The molecule has 0 aliphatic heterocycles. The van der Waals surface area contributed by atoms with Crippen LogP contribution >= 0.6 is 0 Å². The number of rotatable bonds is 10. The number of halogens is 5. The molecule has 1 heterocycles. The molecule has 1 aliphatic carbocycles. The number of hydrogen-bond acceptors (Lipinski definition) is 4. The molecule has 0 saturated heterocycles. The van der Waals surface area contributed by atoms with E-state index in [2.05, 4.69) is 0 Å². The molecule has 1 unspecified atom stereocenters. The van der Waals surface area contributed by atoms with Crippen molar-refractivity contribution in [3.8, 4) is 11.1 Å². The molecule has 1 amide bonds. The number of nitrogens with two attached hydrogens (primary N) is 1. The molecule has 2 aromatic carbocycles. The molecule has 1 aliphatic rings. The van der Waals surface area contributed by atoms with E-state index in [-0.39, 0.29) is 94.1 Å². The number of amides is 1. The van der Waals surface area contributed by atoms with Crippen molar-refractivity contribution in [3.63, 3.8) is 0 Å². The minimum absolute atomic E-state index is 0. The number of carbonyl (C=O) groups excluding carboxylic acids is 2. The average Bonchev–Trinajstić information content (AvgIpc) is 3.78. The van der Waals surface area contributed by atoms with Gasteiger partial charge in [0, 0.05) is 29.8 Å².